The van der Waals surface area contributed by atoms with Crippen molar-refractivity contribution in [2.24, 2.45) is 10.9 Å². The molecule has 178 valence electrons. The molecule has 2 aliphatic rings. The van der Waals surface area contributed by atoms with Gasteiger partial charge in [-0.25, -0.2) is 0 Å². The minimum Gasteiger partial charge on any atom is -0.490 e. The van der Waals surface area contributed by atoms with Crippen molar-refractivity contribution in [2.45, 2.75) is 65.3 Å². The number of nitrogens with one attached hydrogen (secondary N) is 2. The van der Waals surface area contributed by atoms with Gasteiger partial charge in [0.05, 0.1) is 13.2 Å². The molecule has 1 aromatic rings. The van der Waals surface area contributed by atoms with E-state index in [1.165, 1.54) is 18.4 Å². The van der Waals surface area contributed by atoms with Gasteiger partial charge in [-0.2, -0.15) is 0 Å². The van der Waals surface area contributed by atoms with Crippen molar-refractivity contribution < 1.29 is 14.3 Å². The first-order valence-corrected chi connectivity index (χ1v) is 12.4. The van der Waals surface area contributed by atoms with Crippen LogP contribution < -0.4 is 20.1 Å². The lowest BCUT2D eigenvalue weighted by atomic mass is 10.1. The van der Waals surface area contributed by atoms with Crippen molar-refractivity contribution >= 4 is 11.9 Å². The Morgan fingerprint density at radius 3 is 2.56 bits per heavy atom. The zero-order chi connectivity index (χ0) is 22.8. The largest absolute Gasteiger partial charge is 0.490 e. The van der Waals surface area contributed by atoms with E-state index in [-0.39, 0.29) is 12.0 Å². The number of hydrogen-bond donors (Lipinski definition) is 2. The quantitative estimate of drug-likeness (QED) is 0.427. The molecule has 2 fully saturated rings. The number of rotatable bonds is 10. The predicted molar refractivity (Wildman–Crippen MR) is 129 cm³/mol. The summed E-state index contributed by atoms with van der Waals surface area (Å²) in [6.45, 7) is 10.4. The number of amides is 1. The highest BCUT2D eigenvalue weighted by Gasteiger charge is 2.32. The predicted octanol–water partition coefficient (Wildman–Crippen LogP) is 3.37. The van der Waals surface area contributed by atoms with Gasteiger partial charge in [-0.3, -0.25) is 9.79 Å². The Morgan fingerprint density at radius 2 is 1.84 bits per heavy atom. The lowest BCUT2D eigenvalue weighted by molar-refractivity contribution is -0.134. The van der Waals surface area contributed by atoms with Gasteiger partial charge < -0.3 is 25.0 Å². The van der Waals surface area contributed by atoms with E-state index in [2.05, 4.69) is 23.6 Å². The first-order valence-electron chi connectivity index (χ1n) is 12.4. The van der Waals surface area contributed by atoms with E-state index in [1.54, 1.807) is 0 Å². The average Bonchev–Trinajstić information content (AvgIpc) is 3.48. The van der Waals surface area contributed by atoms with E-state index in [0.29, 0.717) is 25.7 Å². The Bertz CT molecular complexity index is 762. The molecule has 1 unspecified atom stereocenters. The molecule has 0 bridgehead atoms. The van der Waals surface area contributed by atoms with Crippen molar-refractivity contribution in [1.29, 1.82) is 0 Å². The Labute approximate surface area is 192 Å². The van der Waals surface area contributed by atoms with Crippen molar-refractivity contribution in [3.8, 4) is 11.5 Å². The zero-order valence-corrected chi connectivity index (χ0v) is 20.0. The minimum atomic E-state index is 0.256. The molecular weight excluding hydrogens is 404 g/mol. The van der Waals surface area contributed by atoms with E-state index in [0.717, 1.165) is 62.8 Å². The summed E-state index contributed by atoms with van der Waals surface area (Å²) in [5, 5.41) is 6.88. The summed E-state index contributed by atoms with van der Waals surface area (Å²) in [5.74, 6) is 3.01. The monoisotopic (exact) mass is 444 g/mol. The summed E-state index contributed by atoms with van der Waals surface area (Å²) < 4.78 is 11.4. The highest BCUT2D eigenvalue weighted by atomic mass is 16.5. The van der Waals surface area contributed by atoms with Crippen LogP contribution in [0.15, 0.2) is 23.2 Å². The summed E-state index contributed by atoms with van der Waals surface area (Å²) >= 11 is 0. The SMILES string of the molecule is CCNC(=NCCc1ccc(OCC)c(OCC)c1)NC1CCN(C(=O)C2CCCC2)C1. The van der Waals surface area contributed by atoms with Crippen LogP contribution >= 0.6 is 0 Å². The third-order valence-corrected chi connectivity index (χ3v) is 6.17. The van der Waals surface area contributed by atoms with Crippen LogP contribution in [0.5, 0.6) is 11.5 Å². The number of ether oxygens (including phenoxy) is 2. The van der Waals surface area contributed by atoms with Gasteiger partial charge in [0, 0.05) is 38.1 Å². The second-order valence-electron chi connectivity index (χ2n) is 8.55. The molecule has 0 spiro atoms. The molecule has 7 nitrogen and oxygen atoms in total. The number of likely N-dealkylation sites (tertiary alicyclic amines) is 1. The minimum absolute atomic E-state index is 0.256. The lowest BCUT2D eigenvalue weighted by Crippen LogP contribution is -2.45. The van der Waals surface area contributed by atoms with Gasteiger partial charge in [0.15, 0.2) is 17.5 Å². The molecule has 1 aromatic carbocycles. The molecule has 1 heterocycles. The second-order valence-corrected chi connectivity index (χ2v) is 8.55. The van der Waals surface area contributed by atoms with Crippen LogP contribution in [0.1, 0.15) is 58.4 Å². The second kappa shape index (κ2) is 12.6. The van der Waals surface area contributed by atoms with Crippen LogP contribution in [0.4, 0.5) is 0 Å². The average molecular weight is 445 g/mol. The van der Waals surface area contributed by atoms with Crippen LogP contribution in [-0.2, 0) is 11.2 Å². The van der Waals surface area contributed by atoms with Crippen LogP contribution in [0.2, 0.25) is 0 Å². The number of aliphatic imine (C=N–C) groups is 1. The number of nitrogens with zero attached hydrogens (tertiary/aromatic N) is 2. The summed E-state index contributed by atoms with van der Waals surface area (Å²) in [6.07, 6.45) is 6.31. The molecule has 1 saturated carbocycles. The van der Waals surface area contributed by atoms with Gasteiger partial charge in [0.25, 0.3) is 0 Å². The lowest BCUT2D eigenvalue weighted by Gasteiger charge is -2.21. The van der Waals surface area contributed by atoms with Crippen molar-refractivity contribution in [1.82, 2.24) is 15.5 Å². The fraction of sp³-hybridized carbons (Fsp3) is 0.680. The molecule has 2 N–H and O–H groups in total. The summed E-state index contributed by atoms with van der Waals surface area (Å²) in [7, 11) is 0. The van der Waals surface area contributed by atoms with Gasteiger partial charge in [0.2, 0.25) is 5.91 Å². The summed E-state index contributed by atoms with van der Waals surface area (Å²) in [5.41, 5.74) is 1.17. The number of hydrogen-bond acceptors (Lipinski definition) is 4. The van der Waals surface area contributed by atoms with Crippen molar-refractivity contribution in [3.63, 3.8) is 0 Å². The maximum atomic E-state index is 12.7. The Morgan fingerprint density at radius 1 is 1.09 bits per heavy atom. The molecule has 1 aliphatic heterocycles. The highest BCUT2D eigenvalue weighted by molar-refractivity contribution is 5.81. The molecular formula is C25H40N4O3. The fourth-order valence-electron chi connectivity index (χ4n) is 4.57. The van der Waals surface area contributed by atoms with Crippen molar-refractivity contribution in [3.05, 3.63) is 23.8 Å². The molecule has 0 radical (unpaired) electrons. The fourth-order valence-corrected chi connectivity index (χ4v) is 4.57. The topological polar surface area (TPSA) is 75.2 Å². The molecule has 0 aromatic heterocycles. The zero-order valence-electron chi connectivity index (χ0n) is 20.0. The Kier molecular flexibility index (Phi) is 9.50. The molecule has 32 heavy (non-hydrogen) atoms. The normalized spacial score (nSPS) is 19.3. The number of carbonyl (C=O) groups is 1. The van der Waals surface area contributed by atoms with Crippen LogP contribution in [0.25, 0.3) is 0 Å². The van der Waals surface area contributed by atoms with E-state index < -0.39 is 0 Å². The highest BCUT2D eigenvalue weighted by Crippen LogP contribution is 2.29. The maximum absolute atomic E-state index is 12.7. The van der Waals surface area contributed by atoms with Crippen molar-refractivity contribution in [2.75, 3.05) is 39.4 Å². The number of guanidine groups is 1. The van der Waals surface area contributed by atoms with Gasteiger partial charge in [-0.1, -0.05) is 18.9 Å². The molecule has 3 rings (SSSR count). The first-order chi connectivity index (χ1) is 15.6. The number of benzene rings is 1. The van der Waals surface area contributed by atoms with E-state index >= 15 is 0 Å². The summed E-state index contributed by atoms with van der Waals surface area (Å²) in [4.78, 5) is 19.5. The number of carbonyl (C=O) groups excluding carboxylic acids is 1. The van der Waals surface area contributed by atoms with Crippen LogP contribution in [-0.4, -0.2) is 62.2 Å². The van der Waals surface area contributed by atoms with E-state index in [1.807, 2.05) is 30.9 Å². The van der Waals surface area contributed by atoms with Gasteiger partial charge in [-0.15, -0.1) is 0 Å². The third kappa shape index (κ3) is 6.78. The third-order valence-electron chi connectivity index (χ3n) is 6.17. The molecule has 1 atom stereocenters. The molecule has 1 amide bonds. The smallest absolute Gasteiger partial charge is 0.225 e. The van der Waals surface area contributed by atoms with Crippen LogP contribution in [0.3, 0.4) is 0 Å². The maximum Gasteiger partial charge on any atom is 0.225 e. The molecule has 7 heteroatoms. The molecule has 1 aliphatic carbocycles. The van der Waals surface area contributed by atoms with Gasteiger partial charge in [0.1, 0.15) is 0 Å². The Hall–Kier alpha value is -2.44. The standard InChI is InChI=1S/C25H40N4O3/c1-4-26-25(28-21-14-16-29(18-21)24(30)20-9-7-8-10-20)27-15-13-19-11-12-22(31-5-2)23(17-19)32-6-3/h11-12,17,20-21H,4-10,13-16,18H2,1-3H3,(H2,26,27,28). The van der Waals surface area contributed by atoms with Gasteiger partial charge in [-0.05, 0) is 64.2 Å². The molecule has 1 saturated heterocycles. The first kappa shape index (κ1) is 24.2. The van der Waals surface area contributed by atoms with E-state index in [9.17, 15) is 4.79 Å². The van der Waals surface area contributed by atoms with E-state index in [4.69, 9.17) is 14.5 Å². The van der Waals surface area contributed by atoms with Crippen LogP contribution in [0, 0.1) is 5.92 Å². The Balaban J connectivity index is 1.52. The summed E-state index contributed by atoms with van der Waals surface area (Å²) in [6, 6.07) is 6.36. The van der Waals surface area contributed by atoms with Gasteiger partial charge >= 0.3 is 0 Å².